The van der Waals surface area contributed by atoms with E-state index in [2.05, 4.69) is 41.5 Å². The molecule has 0 radical (unpaired) electrons. The second kappa shape index (κ2) is 5.92. The van der Waals surface area contributed by atoms with E-state index in [1.807, 2.05) is 23.7 Å². The summed E-state index contributed by atoms with van der Waals surface area (Å²) >= 11 is 1.65. The van der Waals surface area contributed by atoms with Crippen LogP contribution in [0.25, 0.3) is 10.6 Å². The molecule has 0 saturated carbocycles. The first-order valence-electron chi connectivity index (χ1n) is 6.60. The van der Waals surface area contributed by atoms with Crippen LogP contribution in [0, 0.1) is 0 Å². The molecule has 1 aromatic carbocycles. The van der Waals surface area contributed by atoms with E-state index in [4.69, 9.17) is 4.42 Å². The van der Waals surface area contributed by atoms with E-state index >= 15 is 0 Å². The third-order valence-electron chi connectivity index (χ3n) is 3.06. The maximum atomic E-state index is 5.36. The SMILES string of the molecule is CC(Cc1ccco1)Nc1ccc(-c2nccs2)cc1. The lowest BCUT2D eigenvalue weighted by atomic mass is 10.1. The van der Waals surface area contributed by atoms with E-state index in [0.717, 1.165) is 28.4 Å². The van der Waals surface area contributed by atoms with Gasteiger partial charge in [0, 0.05) is 35.3 Å². The lowest BCUT2D eigenvalue weighted by Gasteiger charge is -2.14. The number of hydrogen-bond donors (Lipinski definition) is 1. The van der Waals surface area contributed by atoms with Crippen LogP contribution in [0.5, 0.6) is 0 Å². The van der Waals surface area contributed by atoms with Gasteiger partial charge in [0.25, 0.3) is 0 Å². The highest BCUT2D eigenvalue weighted by Gasteiger charge is 2.06. The quantitative estimate of drug-likeness (QED) is 0.752. The molecule has 0 amide bonds. The van der Waals surface area contributed by atoms with Crippen molar-refractivity contribution >= 4 is 17.0 Å². The van der Waals surface area contributed by atoms with Crippen LogP contribution in [-0.4, -0.2) is 11.0 Å². The molecule has 102 valence electrons. The normalized spacial score (nSPS) is 12.2. The average Bonchev–Trinajstić information content (AvgIpc) is 3.12. The minimum absolute atomic E-state index is 0.326. The van der Waals surface area contributed by atoms with Crippen molar-refractivity contribution in [2.24, 2.45) is 0 Å². The van der Waals surface area contributed by atoms with Gasteiger partial charge in [0.1, 0.15) is 10.8 Å². The highest BCUT2D eigenvalue weighted by Crippen LogP contribution is 2.23. The van der Waals surface area contributed by atoms with Crippen molar-refractivity contribution in [3.8, 4) is 10.6 Å². The Morgan fingerprint density at radius 2 is 2.10 bits per heavy atom. The molecule has 1 unspecified atom stereocenters. The van der Waals surface area contributed by atoms with Gasteiger partial charge in [-0.3, -0.25) is 0 Å². The monoisotopic (exact) mass is 284 g/mol. The molecule has 0 aliphatic heterocycles. The fraction of sp³-hybridized carbons (Fsp3) is 0.188. The summed E-state index contributed by atoms with van der Waals surface area (Å²) in [6.07, 6.45) is 4.42. The summed E-state index contributed by atoms with van der Waals surface area (Å²) < 4.78 is 5.36. The molecule has 2 aromatic heterocycles. The van der Waals surface area contributed by atoms with E-state index in [0.29, 0.717) is 6.04 Å². The van der Waals surface area contributed by atoms with Gasteiger partial charge in [-0.2, -0.15) is 0 Å². The van der Waals surface area contributed by atoms with Gasteiger partial charge in [-0.05, 0) is 43.3 Å². The second-order valence-electron chi connectivity index (χ2n) is 4.74. The number of benzene rings is 1. The maximum absolute atomic E-state index is 5.36. The Hall–Kier alpha value is -2.07. The Balaban J connectivity index is 1.63. The Kier molecular flexibility index (Phi) is 3.83. The first kappa shape index (κ1) is 12.9. The number of rotatable bonds is 5. The fourth-order valence-electron chi connectivity index (χ4n) is 2.14. The molecular formula is C16H16N2OS. The Morgan fingerprint density at radius 3 is 2.75 bits per heavy atom. The Bertz CT molecular complexity index is 630. The summed E-state index contributed by atoms with van der Waals surface area (Å²) in [5.74, 6) is 1.00. The van der Waals surface area contributed by atoms with E-state index < -0.39 is 0 Å². The molecule has 0 fully saturated rings. The van der Waals surface area contributed by atoms with Crippen LogP contribution in [0.2, 0.25) is 0 Å². The number of furan rings is 1. The highest BCUT2D eigenvalue weighted by molar-refractivity contribution is 7.13. The zero-order valence-corrected chi connectivity index (χ0v) is 12.1. The summed E-state index contributed by atoms with van der Waals surface area (Å²) in [6, 6.07) is 12.6. The van der Waals surface area contributed by atoms with E-state index in [1.54, 1.807) is 17.6 Å². The number of nitrogens with zero attached hydrogens (tertiary/aromatic N) is 1. The van der Waals surface area contributed by atoms with Crippen LogP contribution < -0.4 is 5.32 Å². The minimum Gasteiger partial charge on any atom is -0.469 e. The zero-order valence-electron chi connectivity index (χ0n) is 11.2. The third-order valence-corrected chi connectivity index (χ3v) is 3.89. The van der Waals surface area contributed by atoms with Crippen LogP contribution in [0.4, 0.5) is 5.69 Å². The van der Waals surface area contributed by atoms with Gasteiger partial charge < -0.3 is 9.73 Å². The van der Waals surface area contributed by atoms with Crippen molar-refractivity contribution < 1.29 is 4.42 Å². The Labute approximate surface area is 122 Å². The topological polar surface area (TPSA) is 38.1 Å². The lowest BCUT2D eigenvalue weighted by Crippen LogP contribution is -2.17. The standard InChI is InChI=1S/C16H16N2OS/c1-12(11-15-3-2-9-19-15)18-14-6-4-13(5-7-14)16-17-8-10-20-16/h2-10,12,18H,11H2,1H3. The number of thiazole rings is 1. The average molecular weight is 284 g/mol. The van der Waals surface area contributed by atoms with E-state index in [1.165, 1.54) is 0 Å². The predicted octanol–water partition coefficient (Wildman–Crippen LogP) is 4.45. The summed E-state index contributed by atoms with van der Waals surface area (Å²) in [6.45, 7) is 2.15. The number of aromatic nitrogens is 1. The van der Waals surface area contributed by atoms with Crippen molar-refractivity contribution in [2.45, 2.75) is 19.4 Å². The maximum Gasteiger partial charge on any atom is 0.123 e. The molecule has 1 atom stereocenters. The molecule has 2 heterocycles. The molecule has 20 heavy (non-hydrogen) atoms. The molecule has 0 saturated heterocycles. The lowest BCUT2D eigenvalue weighted by molar-refractivity contribution is 0.498. The van der Waals surface area contributed by atoms with Gasteiger partial charge in [0.15, 0.2) is 0 Å². The number of hydrogen-bond acceptors (Lipinski definition) is 4. The molecule has 0 bridgehead atoms. The molecule has 0 aliphatic rings. The summed E-state index contributed by atoms with van der Waals surface area (Å²) in [5.41, 5.74) is 2.27. The summed E-state index contributed by atoms with van der Waals surface area (Å²) in [7, 11) is 0. The summed E-state index contributed by atoms with van der Waals surface area (Å²) in [5, 5.41) is 6.52. The van der Waals surface area contributed by atoms with Crippen LogP contribution in [0.1, 0.15) is 12.7 Å². The van der Waals surface area contributed by atoms with Gasteiger partial charge >= 0.3 is 0 Å². The predicted molar refractivity (Wildman–Crippen MR) is 83.0 cm³/mol. The van der Waals surface area contributed by atoms with Crippen LogP contribution in [0.15, 0.2) is 58.7 Å². The van der Waals surface area contributed by atoms with Crippen LogP contribution in [0.3, 0.4) is 0 Å². The molecule has 1 N–H and O–H groups in total. The first-order valence-corrected chi connectivity index (χ1v) is 7.48. The van der Waals surface area contributed by atoms with Crippen molar-refractivity contribution in [1.29, 1.82) is 0 Å². The fourth-order valence-corrected chi connectivity index (χ4v) is 2.79. The third kappa shape index (κ3) is 3.08. The molecule has 3 nitrogen and oxygen atoms in total. The number of nitrogens with one attached hydrogen (secondary N) is 1. The van der Waals surface area contributed by atoms with E-state index in [-0.39, 0.29) is 0 Å². The van der Waals surface area contributed by atoms with Gasteiger partial charge in [0.2, 0.25) is 0 Å². The molecule has 3 aromatic rings. The van der Waals surface area contributed by atoms with Crippen LogP contribution in [-0.2, 0) is 6.42 Å². The molecule has 0 aliphatic carbocycles. The minimum atomic E-state index is 0.326. The molecule has 3 rings (SSSR count). The first-order chi connectivity index (χ1) is 9.81. The zero-order chi connectivity index (χ0) is 13.8. The largest absolute Gasteiger partial charge is 0.469 e. The van der Waals surface area contributed by atoms with Crippen molar-refractivity contribution in [3.63, 3.8) is 0 Å². The smallest absolute Gasteiger partial charge is 0.123 e. The van der Waals surface area contributed by atoms with Gasteiger partial charge in [0.05, 0.1) is 6.26 Å². The van der Waals surface area contributed by atoms with E-state index in [9.17, 15) is 0 Å². The van der Waals surface area contributed by atoms with Gasteiger partial charge in [-0.25, -0.2) is 4.98 Å². The van der Waals surface area contributed by atoms with Crippen molar-refractivity contribution in [1.82, 2.24) is 4.98 Å². The molecule has 0 spiro atoms. The van der Waals surface area contributed by atoms with Crippen molar-refractivity contribution in [2.75, 3.05) is 5.32 Å². The highest BCUT2D eigenvalue weighted by atomic mass is 32.1. The van der Waals surface area contributed by atoms with Crippen molar-refractivity contribution in [3.05, 3.63) is 60.0 Å². The van der Waals surface area contributed by atoms with Gasteiger partial charge in [-0.15, -0.1) is 11.3 Å². The molecular weight excluding hydrogens is 268 g/mol. The number of anilines is 1. The van der Waals surface area contributed by atoms with Crippen LogP contribution >= 0.6 is 11.3 Å². The molecule has 4 heteroatoms. The van der Waals surface area contributed by atoms with Gasteiger partial charge in [-0.1, -0.05) is 0 Å². The Morgan fingerprint density at radius 1 is 1.25 bits per heavy atom. The summed E-state index contributed by atoms with van der Waals surface area (Å²) in [4.78, 5) is 4.31. The second-order valence-corrected chi connectivity index (χ2v) is 5.64.